The van der Waals surface area contributed by atoms with E-state index in [0.717, 1.165) is 39.9 Å². The van der Waals surface area contributed by atoms with E-state index in [-0.39, 0.29) is 23.3 Å². The summed E-state index contributed by atoms with van der Waals surface area (Å²) >= 11 is 1.38. The van der Waals surface area contributed by atoms with Gasteiger partial charge in [-0.2, -0.15) is 23.5 Å². The Kier molecular flexibility index (Phi) is 6.31. The maximum Gasteiger partial charge on any atom is 0.410 e. The molecule has 1 aliphatic heterocycles. The van der Waals surface area contributed by atoms with Gasteiger partial charge in [-0.15, -0.1) is 11.3 Å². The number of halogens is 3. The van der Waals surface area contributed by atoms with E-state index in [9.17, 15) is 23.2 Å². The van der Waals surface area contributed by atoms with Crippen LogP contribution in [0.25, 0.3) is 0 Å². The second-order valence-electron chi connectivity index (χ2n) is 10.8. The van der Waals surface area contributed by atoms with Crippen molar-refractivity contribution in [2.75, 3.05) is 10.6 Å². The number of carbonyl (C=O) groups is 1. The molecule has 1 aromatic carbocycles. The zero-order chi connectivity index (χ0) is 26.5. The summed E-state index contributed by atoms with van der Waals surface area (Å²) in [5.74, 6) is -0.0357. The number of aromatic nitrogens is 2. The Morgan fingerprint density at radius 1 is 1.24 bits per heavy atom. The molecule has 5 rings (SSSR count). The van der Waals surface area contributed by atoms with Gasteiger partial charge in [-0.25, -0.2) is 4.68 Å². The van der Waals surface area contributed by atoms with Gasteiger partial charge in [0.1, 0.15) is 16.9 Å². The summed E-state index contributed by atoms with van der Waals surface area (Å²) in [6.45, 7) is 6.61. The molecule has 2 aliphatic rings. The maximum absolute atomic E-state index is 14.0. The average molecular weight is 528 g/mol. The summed E-state index contributed by atoms with van der Waals surface area (Å²) < 4.78 is 42.8. The van der Waals surface area contributed by atoms with Gasteiger partial charge in [0, 0.05) is 17.4 Å². The number of hydrogen-bond acceptors (Lipinski definition) is 5. The third kappa shape index (κ3) is 4.85. The fourth-order valence-electron chi connectivity index (χ4n) is 5.29. The summed E-state index contributed by atoms with van der Waals surface area (Å²) in [5, 5.41) is 20.2. The molecule has 0 saturated carbocycles. The zero-order valence-corrected chi connectivity index (χ0v) is 21.6. The molecule has 0 spiro atoms. The van der Waals surface area contributed by atoms with Gasteiger partial charge in [0.2, 0.25) is 0 Å². The van der Waals surface area contributed by atoms with Crippen molar-refractivity contribution in [3.05, 3.63) is 63.7 Å². The molecule has 0 bridgehead atoms. The summed E-state index contributed by atoms with van der Waals surface area (Å²) in [6, 6.07) is 10.0. The van der Waals surface area contributed by atoms with E-state index < -0.39 is 24.2 Å². The minimum atomic E-state index is -4.53. The van der Waals surface area contributed by atoms with Crippen LogP contribution >= 0.6 is 11.3 Å². The number of amides is 1. The standard InChI is InChI=1S/C27H28F3N5OS/c1-26(2,3)16-9-10-17-18(14-31)25(37-21(17)11-16)33-24(36)20-13-23-32-19(15-7-5-4-6-8-15)12-22(27(28,29)30)35(23)34-20/h4-8,13,16,19,22,32H,9-12H2,1-3H3,(H,33,36)/t16-,19-,22-/m1/s1. The van der Waals surface area contributed by atoms with Crippen molar-refractivity contribution in [3.63, 3.8) is 0 Å². The predicted octanol–water partition coefficient (Wildman–Crippen LogP) is 6.88. The van der Waals surface area contributed by atoms with Crippen LogP contribution in [-0.2, 0) is 12.8 Å². The quantitative estimate of drug-likeness (QED) is 0.389. The van der Waals surface area contributed by atoms with Gasteiger partial charge in [-0.05, 0) is 41.7 Å². The Balaban J connectivity index is 1.42. The Morgan fingerprint density at radius 2 is 1.97 bits per heavy atom. The fraction of sp³-hybridized carbons (Fsp3) is 0.444. The summed E-state index contributed by atoms with van der Waals surface area (Å²) in [6.07, 6.45) is -2.20. The minimum Gasteiger partial charge on any atom is -0.363 e. The van der Waals surface area contributed by atoms with Gasteiger partial charge in [-0.3, -0.25) is 4.79 Å². The number of hydrogen-bond donors (Lipinski definition) is 2. The van der Waals surface area contributed by atoms with E-state index in [1.807, 2.05) is 0 Å². The number of benzene rings is 1. The van der Waals surface area contributed by atoms with E-state index >= 15 is 0 Å². The number of rotatable bonds is 3. The third-order valence-corrected chi connectivity index (χ3v) is 8.62. The molecule has 2 N–H and O–H groups in total. The highest BCUT2D eigenvalue weighted by Crippen LogP contribution is 2.45. The average Bonchev–Trinajstić information content (AvgIpc) is 3.43. The van der Waals surface area contributed by atoms with Crippen molar-refractivity contribution < 1.29 is 18.0 Å². The topological polar surface area (TPSA) is 82.7 Å². The van der Waals surface area contributed by atoms with Gasteiger partial charge in [0.15, 0.2) is 11.7 Å². The lowest BCUT2D eigenvalue weighted by molar-refractivity contribution is -0.173. The second kappa shape index (κ2) is 9.21. The van der Waals surface area contributed by atoms with E-state index in [4.69, 9.17) is 0 Å². The highest BCUT2D eigenvalue weighted by atomic mass is 32.1. The number of anilines is 2. The lowest BCUT2D eigenvalue weighted by Gasteiger charge is -2.33. The van der Waals surface area contributed by atoms with Gasteiger partial charge < -0.3 is 10.6 Å². The van der Waals surface area contributed by atoms with Crippen molar-refractivity contribution in [1.82, 2.24) is 9.78 Å². The van der Waals surface area contributed by atoms with Crippen LogP contribution in [0.3, 0.4) is 0 Å². The first-order chi connectivity index (χ1) is 17.5. The van der Waals surface area contributed by atoms with Crippen molar-refractivity contribution in [2.24, 2.45) is 11.3 Å². The monoisotopic (exact) mass is 527 g/mol. The van der Waals surface area contributed by atoms with Crippen LogP contribution < -0.4 is 10.6 Å². The fourth-order valence-corrected chi connectivity index (χ4v) is 6.56. The molecule has 37 heavy (non-hydrogen) atoms. The number of thiophene rings is 1. The van der Waals surface area contributed by atoms with Crippen molar-refractivity contribution in [1.29, 1.82) is 5.26 Å². The zero-order valence-electron chi connectivity index (χ0n) is 20.8. The maximum atomic E-state index is 14.0. The van der Waals surface area contributed by atoms with Gasteiger partial charge in [-0.1, -0.05) is 51.1 Å². The van der Waals surface area contributed by atoms with Crippen LogP contribution in [0.15, 0.2) is 36.4 Å². The summed E-state index contributed by atoms with van der Waals surface area (Å²) in [5.41, 5.74) is 2.14. The van der Waals surface area contributed by atoms with Crippen LogP contribution in [0.4, 0.5) is 24.0 Å². The largest absolute Gasteiger partial charge is 0.410 e. The van der Waals surface area contributed by atoms with E-state index in [2.05, 4.69) is 42.6 Å². The van der Waals surface area contributed by atoms with E-state index in [1.54, 1.807) is 30.3 Å². The highest BCUT2D eigenvalue weighted by molar-refractivity contribution is 7.16. The molecular formula is C27H28F3N5OS. The summed E-state index contributed by atoms with van der Waals surface area (Å²) in [7, 11) is 0. The Labute approximate surface area is 217 Å². The Bertz CT molecular complexity index is 1360. The van der Waals surface area contributed by atoms with Crippen LogP contribution in [0.2, 0.25) is 0 Å². The van der Waals surface area contributed by atoms with Gasteiger partial charge in [0.05, 0.1) is 11.6 Å². The smallest absolute Gasteiger partial charge is 0.363 e. The van der Waals surface area contributed by atoms with Crippen LogP contribution in [0.1, 0.15) is 77.8 Å². The molecule has 0 radical (unpaired) electrons. The van der Waals surface area contributed by atoms with Gasteiger partial charge >= 0.3 is 6.18 Å². The molecule has 194 valence electrons. The van der Waals surface area contributed by atoms with Crippen LogP contribution in [-0.4, -0.2) is 21.9 Å². The van der Waals surface area contributed by atoms with Crippen LogP contribution in [0, 0.1) is 22.7 Å². The molecule has 3 heterocycles. The molecule has 0 saturated heterocycles. The first kappa shape index (κ1) is 25.3. The molecule has 0 unspecified atom stereocenters. The number of nitrogens with one attached hydrogen (secondary N) is 2. The molecule has 6 nitrogen and oxygen atoms in total. The number of nitrogens with zero attached hydrogens (tertiary/aromatic N) is 3. The number of carbonyl (C=O) groups excluding carboxylic acids is 1. The molecule has 1 amide bonds. The number of fused-ring (bicyclic) bond motifs is 2. The SMILES string of the molecule is CC(C)(C)[C@@H]1CCc2c(sc(NC(=O)c3cc4n(n3)[C@@H](C(F)(F)F)C[C@H](c3ccccc3)N4)c2C#N)C1. The predicted molar refractivity (Wildman–Crippen MR) is 137 cm³/mol. The molecular weight excluding hydrogens is 499 g/mol. The number of alkyl halides is 3. The summed E-state index contributed by atoms with van der Waals surface area (Å²) in [4.78, 5) is 14.2. The molecule has 1 aliphatic carbocycles. The molecule has 3 aromatic rings. The Morgan fingerprint density at radius 3 is 2.62 bits per heavy atom. The third-order valence-electron chi connectivity index (χ3n) is 7.45. The lowest BCUT2D eigenvalue weighted by atomic mass is 9.72. The number of nitriles is 1. The van der Waals surface area contributed by atoms with E-state index in [1.165, 1.54) is 17.4 Å². The van der Waals surface area contributed by atoms with E-state index in [0.29, 0.717) is 16.5 Å². The Hall–Kier alpha value is -3.32. The molecule has 3 atom stereocenters. The first-order valence-electron chi connectivity index (χ1n) is 12.3. The normalized spacial score (nSPS) is 21.4. The lowest BCUT2D eigenvalue weighted by Crippen LogP contribution is -2.35. The van der Waals surface area contributed by atoms with Crippen molar-refractivity contribution in [2.45, 2.75) is 64.7 Å². The minimum absolute atomic E-state index is 0.131. The first-order valence-corrected chi connectivity index (χ1v) is 13.1. The highest BCUT2D eigenvalue weighted by Gasteiger charge is 2.47. The van der Waals surface area contributed by atoms with Crippen molar-refractivity contribution in [3.8, 4) is 6.07 Å². The van der Waals surface area contributed by atoms with Crippen molar-refractivity contribution >= 4 is 28.1 Å². The molecule has 10 heteroatoms. The molecule has 0 fully saturated rings. The second-order valence-corrected chi connectivity index (χ2v) is 11.9. The van der Waals surface area contributed by atoms with Gasteiger partial charge in [0.25, 0.3) is 5.91 Å². The van der Waals surface area contributed by atoms with Crippen LogP contribution in [0.5, 0.6) is 0 Å². The molecule has 2 aromatic heterocycles.